The number of para-hydroxylation sites is 1. The van der Waals surface area contributed by atoms with Gasteiger partial charge in [-0.3, -0.25) is 9.78 Å². The van der Waals surface area contributed by atoms with Crippen LogP contribution in [0.4, 0.5) is 5.95 Å². The van der Waals surface area contributed by atoms with Gasteiger partial charge in [0.05, 0.1) is 23.0 Å². The molecular formula is C14H17N3O2. The summed E-state index contributed by atoms with van der Waals surface area (Å²) in [4.78, 5) is 19.1. The van der Waals surface area contributed by atoms with Crippen LogP contribution in [0.3, 0.4) is 0 Å². The number of H-pyrrole nitrogens is 1. The fourth-order valence-electron chi connectivity index (χ4n) is 2.46. The Balaban J connectivity index is 1.86. The van der Waals surface area contributed by atoms with E-state index in [1.54, 1.807) is 6.07 Å². The molecule has 0 aliphatic carbocycles. The number of hydrogen-bond donors (Lipinski definition) is 2. The van der Waals surface area contributed by atoms with E-state index in [1.165, 1.54) is 0 Å². The number of anilines is 1. The van der Waals surface area contributed by atoms with Crippen molar-refractivity contribution in [1.29, 1.82) is 0 Å². The fourth-order valence-corrected chi connectivity index (χ4v) is 2.46. The van der Waals surface area contributed by atoms with Crippen molar-refractivity contribution in [1.82, 2.24) is 9.97 Å². The zero-order chi connectivity index (χ0) is 13.2. The highest BCUT2D eigenvalue weighted by Gasteiger charge is 2.22. The highest BCUT2D eigenvalue weighted by molar-refractivity contribution is 5.78. The minimum Gasteiger partial charge on any atom is -0.376 e. The van der Waals surface area contributed by atoms with E-state index in [-0.39, 0.29) is 17.7 Å². The zero-order valence-corrected chi connectivity index (χ0v) is 10.8. The lowest BCUT2D eigenvalue weighted by molar-refractivity contribution is 0.0994. The smallest absolute Gasteiger partial charge is 0.260 e. The summed E-state index contributed by atoms with van der Waals surface area (Å²) < 4.78 is 5.62. The summed E-state index contributed by atoms with van der Waals surface area (Å²) in [6.07, 6.45) is 2.33. The Bertz CT molecular complexity index is 632. The molecule has 19 heavy (non-hydrogen) atoms. The second-order valence-electron chi connectivity index (χ2n) is 4.92. The SMILES string of the molecule is CC(Nc1nc2ccccc2c(=O)[nH]1)C1CCCO1. The minimum absolute atomic E-state index is 0.118. The maximum Gasteiger partial charge on any atom is 0.260 e. The molecule has 2 atom stereocenters. The molecule has 2 unspecified atom stereocenters. The molecule has 1 saturated heterocycles. The largest absolute Gasteiger partial charge is 0.376 e. The van der Waals surface area contributed by atoms with Gasteiger partial charge in [0, 0.05) is 6.61 Å². The van der Waals surface area contributed by atoms with Crippen LogP contribution in [0, 0.1) is 0 Å². The van der Waals surface area contributed by atoms with Crippen molar-refractivity contribution in [3.63, 3.8) is 0 Å². The number of aromatic nitrogens is 2. The number of hydrogen-bond acceptors (Lipinski definition) is 4. The van der Waals surface area contributed by atoms with E-state index in [0.717, 1.165) is 19.4 Å². The first-order valence-electron chi connectivity index (χ1n) is 6.61. The zero-order valence-electron chi connectivity index (χ0n) is 10.8. The topological polar surface area (TPSA) is 67.0 Å². The van der Waals surface area contributed by atoms with Crippen LogP contribution in [0.1, 0.15) is 19.8 Å². The van der Waals surface area contributed by atoms with Gasteiger partial charge in [0.1, 0.15) is 0 Å². The van der Waals surface area contributed by atoms with Crippen molar-refractivity contribution in [2.75, 3.05) is 11.9 Å². The second-order valence-corrected chi connectivity index (χ2v) is 4.92. The number of rotatable bonds is 3. The molecular weight excluding hydrogens is 242 g/mol. The third-order valence-electron chi connectivity index (χ3n) is 3.50. The van der Waals surface area contributed by atoms with Crippen LogP contribution in [-0.4, -0.2) is 28.7 Å². The predicted octanol–water partition coefficient (Wildman–Crippen LogP) is 1.90. The van der Waals surface area contributed by atoms with Gasteiger partial charge in [-0.15, -0.1) is 0 Å². The Morgan fingerprint density at radius 3 is 3.11 bits per heavy atom. The lowest BCUT2D eigenvalue weighted by Crippen LogP contribution is -2.31. The summed E-state index contributed by atoms with van der Waals surface area (Å²) in [5.41, 5.74) is 0.584. The third-order valence-corrected chi connectivity index (χ3v) is 3.50. The predicted molar refractivity (Wildman–Crippen MR) is 74.4 cm³/mol. The minimum atomic E-state index is -0.118. The van der Waals surface area contributed by atoms with Crippen molar-refractivity contribution in [3.8, 4) is 0 Å². The Morgan fingerprint density at radius 2 is 2.32 bits per heavy atom. The average Bonchev–Trinajstić information content (AvgIpc) is 2.93. The molecule has 1 aromatic carbocycles. The Labute approximate surface area is 111 Å². The Hall–Kier alpha value is -1.88. The van der Waals surface area contributed by atoms with Gasteiger partial charge in [0.15, 0.2) is 0 Å². The number of nitrogens with one attached hydrogen (secondary N) is 2. The summed E-state index contributed by atoms with van der Waals surface area (Å²) >= 11 is 0. The maximum absolute atomic E-state index is 11.9. The lowest BCUT2D eigenvalue weighted by Gasteiger charge is -2.20. The van der Waals surface area contributed by atoms with Gasteiger partial charge in [0.25, 0.3) is 5.56 Å². The standard InChI is InChI=1S/C14H17N3O2/c1-9(12-7-4-8-19-12)15-14-16-11-6-3-2-5-10(11)13(18)17-14/h2-3,5-6,9,12H,4,7-8H2,1H3,(H2,15,16,17,18). The monoisotopic (exact) mass is 259 g/mol. The molecule has 1 aliphatic rings. The molecule has 0 radical (unpaired) electrons. The molecule has 2 N–H and O–H groups in total. The van der Waals surface area contributed by atoms with E-state index in [2.05, 4.69) is 15.3 Å². The van der Waals surface area contributed by atoms with E-state index in [9.17, 15) is 4.79 Å². The first-order chi connectivity index (χ1) is 9.24. The molecule has 1 aliphatic heterocycles. The molecule has 0 amide bonds. The van der Waals surface area contributed by atoms with Gasteiger partial charge in [-0.25, -0.2) is 4.98 Å². The highest BCUT2D eigenvalue weighted by Crippen LogP contribution is 2.18. The highest BCUT2D eigenvalue weighted by atomic mass is 16.5. The third kappa shape index (κ3) is 2.46. The molecule has 0 spiro atoms. The van der Waals surface area contributed by atoms with Gasteiger partial charge in [-0.2, -0.15) is 0 Å². The van der Waals surface area contributed by atoms with E-state index in [4.69, 9.17) is 4.74 Å². The van der Waals surface area contributed by atoms with Crippen molar-refractivity contribution in [3.05, 3.63) is 34.6 Å². The summed E-state index contributed by atoms with van der Waals surface area (Å²) in [5.74, 6) is 0.506. The fraction of sp³-hybridized carbons (Fsp3) is 0.429. The molecule has 5 nitrogen and oxygen atoms in total. The molecule has 3 rings (SSSR count). The van der Waals surface area contributed by atoms with Gasteiger partial charge in [0.2, 0.25) is 5.95 Å². The van der Waals surface area contributed by atoms with Crippen LogP contribution in [0.25, 0.3) is 10.9 Å². The van der Waals surface area contributed by atoms with E-state index < -0.39 is 0 Å². The van der Waals surface area contributed by atoms with Crippen LogP contribution in [-0.2, 0) is 4.74 Å². The van der Waals surface area contributed by atoms with E-state index >= 15 is 0 Å². The molecule has 0 saturated carbocycles. The van der Waals surface area contributed by atoms with Crippen LogP contribution in [0.15, 0.2) is 29.1 Å². The van der Waals surface area contributed by atoms with E-state index in [1.807, 2.05) is 25.1 Å². The summed E-state index contributed by atoms with van der Waals surface area (Å²) in [5, 5.41) is 3.83. The summed E-state index contributed by atoms with van der Waals surface area (Å²) in [6, 6.07) is 7.46. The van der Waals surface area contributed by atoms with Crippen LogP contribution >= 0.6 is 0 Å². The van der Waals surface area contributed by atoms with Gasteiger partial charge < -0.3 is 10.1 Å². The Morgan fingerprint density at radius 1 is 1.47 bits per heavy atom. The average molecular weight is 259 g/mol. The molecule has 5 heteroatoms. The summed E-state index contributed by atoms with van der Waals surface area (Å²) in [6.45, 7) is 2.86. The van der Waals surface area contributed by atoms with Gasteiger partial charge in [-0.1, -0.05) is 12.1 Å². The van der Waals surface area contributed by atoms with Crippen molar-refractivity contribution < 1.29 is 4.74 Å². The normalized spacial score (nSPS) is 20.6. The van der Waals surface area contributed by atoms with Gasteiger partial charge in [-0.05, 0) is 31.9 Å². The number of aromatic amines is 1. The number of benzene rings is 1. The molecule has 2 aromatic rings. The van der Waals surface area contributed by atoms with E-state index in [0.29, 0.717) is 16.9 Å². The molecule has 0 bridgehead atoms. The van der Waals surface area contributed by atoms with Crippen molar-refractivity contribution in [2.45, 2.75) is 31.9 Å². The maximum atomic E-state index is 11.9. The van der Waals surface area contributed by atoms with Crippen molar-refractivity contribution in [2.24, 2.45) is 0 Å². The number of ether oxygens (including phenoxy) is 1. The first kappa shape index (κ1) is 12.2. The van der Waals surface area contributed by atoms with Crippen LogP contribution in [0.5, 0.6) is 0 Å². The quantitative estimate of drug-likeness (QED) is 0.883. The van der Waals surface area contributed by atoms with Crippen molar-refractivity contribution >= 4 is 16.9 Å². The second kappa shape index (κ2) is 5.01. The molecule has 2 heterocycles. The molecule has 1 fully saturated rings. The lowest BCUT2D eigenvalue weighted by atomic mass is 10.1. The first-order valence-corrected chi connectivity index (χ1v) is 6.61. The molecule has 100 valence electrons. The Kier molecular flexibility index (Phi) is 3.21. The van der Waals surface area contributed by atoms with Crippen LogP contribution < -0.4 is 10.9 Å². The number of fused-ring (bicyclic) bond motifs is 1. The van der Waals surface area contributed by atoms with Gasteiger partial charge >= 0.3 is 0 Å². The molecule has 1 aromatic heterocycles. The summed E-state index contributed by atoms with van der Waals surface area (Å²) in [7, 11) is 0. The van der Waals surface area contributed by atoms with Crippen LogP contribution in [0.2, 0.25) is 0 Å². The number of nitrogens with zero attached hydrogens (tertiary/aromatic N) is 1.